The predicted molar refractivity (Wildman–Crippen MR) is 71.1 cm³/mol. The minimum Gasteiger partial charge on any atom is -0.790 e. The zero-order valence-electron chi connectivity index (χ0n) is 11.7. The number of phosphoric acid groups is 1. The second-order valence-corrected chi connectivity index (χ2v) is 5.75. The Balaban J connectivity index is 0. The van der Waals surface area contributed by atoms with Crippen LogP contribution in [0.25, 0.3) is 0 Å². The Bertz CT molecular complexity index is 220. The fourth-order valence-corrected chi connectivity index (χ4v) is 2.25. The number of hydrogen-bond donors (Lipinski definition) is 0. The molecule has 0 aliphatic carbocycles. The summed E-state index contributed by atoms with van der Waals surface area (Å²) in [5, 5.41) is 0. The minimum absolute atomic E-state index is 0. The average molecular weight is 289 g/mol. The Morgan fingerprint density at radius 2 is 1.56 bits per heavy atom. The third-order valence-corrected chi connectivity index (χ3v) is 3.37. The molecule has 0 spiro atoms. The largest absolute Gasteiger partial charge is 2.00 e. The van der Waals surface area contributed by atoms with Crippen molar-refractivity contribution in [1.29, 1.82) is 0 Å². The molecule has 0 heterocycles. The first kappa shape index (κ1) is 21.2. The van der Waals surface area contributed by atoms with Gasteiger partial charge >= 0.3 is 23.1 Å². The molecule has 0 amide bonds. The molecule has 4 nitrogen and oxygen atoms in total. The first-order chi connectivity index (χ1) is 7.99. The predicted octanol–water partition coefficient (Wildman–Crippen LogP) is 2.23. The maximum Gasteiger partial charge on any atom is 2.00 e. The normalized spacial score (nSPS) is 13.1. The zero-order chi connectivity index (χ0) is 13.1. The Labute approximate surface area is 127 Å². The van der Waals surface area contributed by atoms with Crippen molar-refractivity contribution < 1.29 is 18.9 Å². The Kier molecular flexibility index (Phi) is 15.2. The van der Waals surface area contributed by atoms with Crippen molar-refractivity contribution in [1.82, 2.24) is 0 Å². The van der Waals surface area contributed by atoms with Gasteiger partial charge < -0.3 is 18.9 Å². The first-order valence-electron chi connectivity index (χ1n) is 6.66. The quantitative estimate of drug-likeness (QED) is 0.332. The summed E-state index contributed by atoms with van der Waals surface area (Å²) in [6, 6.07) is 0. The second-order valence-electron chi connectivity index (χ2n) is 4.60. The van der Waals surface area contributed by atoms with E-state index in [9.17, 15) is 14.4 Å². The van der Waals surface area contributed by atoms with E-state index in [0.29, 0.717) is 0 Å². The molecule has 18 heavy (non-hydrogen) atoms. The van der Waals surface area contributed by atoms with E-state index in [0.717, 1.165) is 32.1 Å². The number of unbranched alkanes of at least 4 members (excludes halogenated alkanes) is 4. The van der Waals surface area contributed by atoms with Gasteiger partial charge in [-0.05, 0) is 18.8 Å². The van der Waals surface area contributed by atoms with E-state index in [1.54, 1.807) is 0 Å². The number of phosphoric ester groups is 1. The maximum absolute atomic E-state index is 10.4. The van der Waals surface area contributed by atoms with Gasteiger partial charge in [-0.15, -0.1) is 0 Å². The molecule has 0 bridgehead atoms. The monoisotopic (exact) mass is 288 g/mol. The van der Waals surface area contributed by atoms with E-state index in [1.807, 2.05) is 0 Å². The van der Waals surface area contributed by atoms with Crippen molar-refractivity contribution in [2.75, 3.05) is 6.61 Å². The molecule has 104 valence electrons. The van der Waals surface area contributed by atoms with Crippen molar-refractivity contribution >= 4 is 30.9 Å². The summed E-state index contributed by atoms with van der Waals surface area (Å²) in [4.78, 5) is 20.9. The molecule has 0 rings (SSSR count). The summed E-state index contributed by atoms with van der Waals surface area (Å²) in [5.74, 6) is 0.211. The van der Waals surface area contributed by atoms with Crippen LogP contribution < -0.4 is 9.79 Å². The van der Waals surface area contributed by atoms with Gasteiger partial charge in [0.25, 0.3) is 0 Å². The standard InChI is InChI=1S/C12H27O4P.Mg/c1-3-5-7-8-10-12(9-6-4-2)11-16-17(13,14)15;/h12H,3-11H2,1-2H3,(H2,13,14,15);/q;+2/p-2. The van der Waals surface area contributed by atoms with E-state index in [1.165, 1.54) is 19.3 Å². The SMILES string of the molecule is CCCCCCC(CCCC)COP(=O)([O-])[O-].[Mg+2]. The Morgan fingerprint density at radius 1 is 1.00 bits per heavy atom. The second kappa shape index (κ2) is 12.9. The van der Waals surface area contributed by atoms with Gasteiger partial charge in [0.15, 0.2) is 0 Å². The summed E-state index contributed by atoms with van der Waals surface area (Å²) in [5.41, 5.74) is 0. The van der Waals surface area contributed by atoms with Crippen LogP contribution >= 0.6 is 7.82 Å². The van der Waals surface area contributed by atoms with E-state index in [-0.39, 0.29) is 35.6 Å². The van der Waals surface area contributed by atoms with E-state index in [4.69, 9.17) is 0 Å². The molecule has 0 aromatic heterocycles. The van der Waals surface area contributed by atoms with Crippen molar-refractivity contribution in [2.24, 2.45) is 5.92 Å². The third kappa shape index (κ3) is 14.9. The van der Waals surface area contributed by atoms with Gasteiger partial charge in [0.1, 0.15) is 0 Å². The van der Waals surface area contributed by atoms with Crippen LogP contribution in [-0.4, -0.2) is 29.7 Å². The van der Waals surface area contributed by atoms with Crippen LogP contribution in [0.3, 0.4) is 0 Å². The molecule has 0 radical (unpaired) electrons. The molecular weight excluding hydrogens is 263 g/mol. The molecule has 0 aromatic rings. The zero-order valence-corrected chi connectivity index (χ0v) is 14.0. The van der Waals surface area contributed by atoms with Gasteiger partial charge in [0.05, 0.1) is 14.4 Å². The van der Waals surface area contributed by atoms with Crippen LogP contribution in [-0.2, 0) is 9.09 Å². The van der Waals surface area contributed by atoms with Gasteiger partial charge in [0, 0.05) is 0 Å². The molecule has 0 aromatic carbocycles. The van der Waals surface area contributed by atoms with Crippen molar-refractivity contribution in [3.05, 3.63) is 0 Å². The Hall–Kier alpha value is 0.876. The summed E-state index contributed by atoms with van der Waals surface area (Å²) in [6.07, 6.45) is 8.71. The van der Waals surface area contributed by atoms with Crippen LogP contribution in [0.15, 0.2) is 0 Å². The fourth-order valence-electron chi connectivity index (χ4n) is 1.86. The maximum atomic E-state index is 10.4. The van der Waals surface area contributed by atoms with Gasteiger partial charge in [0.2, 0.25) is 0 Å². The molecule has 1 atom stereocenters. The molecule has 0 saturated carbocycles. The summed E-state index contributed by atoms with van der Waals surface area (Å²) in [6.45, 7) is 4.32. The number of hydrogen-bond acceptors (Lipinski definition) is 4. The first-order valence-corrected chi connectivity index (χ1v) is 8.12. The minimum atomic E-state index is -4.80. The third-order valence-electron chi connectivity index (χ3n) is 2.90. The molecule has 0 fully saturated rings. The van der Waals surface area contributed by atoms with Gasteiger partial charge in [-0.3, -0.25) is 0 Å². The average Bonchev–Trinajstić information content (AvgIpc) is 2.25. The molecule has 6 heteroatoms. The van der Waals surface area contributed by atoms with Gasteiger partial charge in [-0.2, -0.15) is 0 Å². The summed E-state index contributed by atoms with van der Waals surface area (Å²) in [7, 11) is -4.80. The van der Waals surface area contributed by atoms with Gasteiger partial charge in [-0.1, -0.05) is 52.4 Å². The molecular formula is C12H25MgO4P. The van der Waals surface area contributed by atoms with Crippen LogP contribution in [0, 0.1) is 5.92 Å². The smallest absolute Gasteiger partial charge is 0.790 e. The van der Waals surface area contributed by atoms with Crippen molar-refractivity contribution in [3.8, 4) is 0 Å². The van der Waals surface area contributed by atoms with Crippen LogP contribution in [0.5, 0.6) is 0 Å². The molecule has 0 aliphatic rings. The number of rotatable bonds is 11. The topological polar surface area (TPSA) is 72.4 Å². The van der Waals surface area contributed by atoms with Crippen LogP contribution in [0.4, 0.5) is 0 Å². The van der Waals surface area contributed by atoms with Crippen LogP contribution in [0.1, 0.15) is 65.2 Å². The van der Waals surface area contributed by atoms with E-state index in [2.05, 4.69) is 18.4 Å². The van der Waals surface area contributed by atoms with Crippen molar-refractivity contribution in [2.45, 2.75) is 65.2 Å². The van der Waals surface area contributed by atoms with Crippen LogP contribution in [0.2, 0.25) is 0 Å². The molecule has 0 N–H and O–H groups in total. The molecule has 0 aliphatic heterocycles. The van der Waals surface area contributed by atoms with Crippen molar-refractivity contribution in [3.63, 3.8) is 0 Å². The Morgan fingerprint density at radius 3 is 2.06 bits per heavy atom. The summed E-state index contributed by atoms with van der Waals surface area (Å²) >= 11 is 0. The fraction of sp³-hybridized carbons (Fsp3) is 1.00. The van der Waals surface area contributed by atoms with E-state index >= 15 is 0 Å². The van der Waals surface area contributed by atoms with Gasteiger partial charge in [-0.25, -0.2) is 0 Å². The molecule has 1 unspecified atom stereocenters. The molecule has 0 saturated heterocycles. The van der Waals surface area contributed by atoms with E-state index < -0.39 is 7.82 Å². The summed E-state index contributed by atoms with van der Waals surface area (Å²) < 4.78 is 14.8.